The highest BCUT2D eigenvalue weighted by Crippen LogP contribution is 2.09. The molecule has 0 saturated carbocycles. The van der Waals surface area contributed by atoms with Gasteiger partial charge in [0.05, 0.1) is 5.69 Å². The van der Waals surface area contributed by atoms with E-state index in [1.165, 1.54) is 7.05 Å². The Labute approximate surface area is 136 Å². The molecule has 0 aliphatic carbocycles. The molecular weight excluding hydrogens is 348 g/mol. The van der Waals surface area contributed by atoms with E-state index in [0.29, 0.717) is 20.9 Å². The summed E-state index contributed by atoms with van der Waals surface area (Å²) in [7, 11) is 1.36. The van der Waals surface area contributed by atoms with Crippen molar-refractivity contribution in [2.75, 3.05) is 7.05 Å². The van der Waals surface area contributed by atoms with E-state index >= 15 is 0 Å². The van der Waals surface area contributed by atoms with Gasteiger partial charge in [-0.15, -0.1) is 0 Å². The van der Waals surface area contributed by atoms with Crippen LogP contribution in [0.5, 0.6) is 0 Å². The van der Waals surface area contributed by atoms with E-state index in [-0.39, 0.29) is 18.2 Å². The van der Waals surface area contributed by atoms with Crippen molar-refractivity contribution in [2.45, 2.75) is 6.61 Å². The van der Waals surface area contributed by atoms with Crippen LogP contribution in [0.3, 0.4) is 0 Å². The lowest BCUT2D eigenvalue weighted by Crippen LogP contribution is -2.30. The summed E-state index contributed by atoms with van der Waals surface area (Å²) in [5, 5.41) is 22.0. The minimum absolute atomic E-state index is 0.159. The molecule has 22 heavy (non-hydrogen) atoms. The first-order valence-corrected chi connectivity index (χ1v) is 7.25. The quantitative estimate of drug-likeness (QED) is 0.370. The van der Waals surface area contributed by atoms with Crippen molar-refractivity contribution in [1.82, 2.24) is 10.0 Å². The van der Waals surface area contributed by atoms with Crippen LogP contribution in [0.4, 0.5) is 0 Å². The molecule has 0 saturated heterocycles. The second-order valence-corrected chi connectivity index (χ2v) is 5.22. The summed E-state index contributed by atoms with van der Waals surface area (Å²) in [5.74, 6) is -0.159. The Morgan fingerprint density at radius 3 is 2.64 bits per heavy atom. The lowest BCUT2D eigenvalue weighted by molar-refractivity contribution is 0.0148. The van der Waals surface area contributed by atoms with Gasteiger partial charge in [-0.1, -0.05) is 41.6 Å². The maximum atomic E-state index is 9.46. The van der Waals surface area contributed by atoms with Crippen LogP contribution in [0.15, 0.2) is 58.3 Å². The fourth-order valence-corrected chi connectivity index (χ4v) is 2.06. The van der Waals surface area contributed by atoms with Crippen LogP contribution in [0, 0.1) is 5.41 Å². The highest BCUT2D eigenvalue weighted by Gasteiger charge is 2.14. The molecule has 0 fully saturated rings. The summed E-state index contributed by atoms with van der Waals surface area (Å²) in [6, 6.07) is 14.6. The van der Waals surface area contributed by atoms with Gasteiger partial charge in [-0.05, 0) is 28.1 Å². The first kappa shape index (κ1) is 16.1. The third-order valence-corrected chi connectivity index (χ3v) is 3.18. The van der Waals surface area contributed by atoms with Crippen LogP contribution in [0.1, 0.15) is 11.3 Å². The number of hydroxylamine groups is 2. The third-order valence-electron chi connectivity index (χ3n) is 2.74. The summed E-state index contributed by atoms with van der Waals surface area (Å²) in [4.78, 5) is 9.52. The minimum atomic E-state index is -0.159. The van der Waals surface area contributed by atoms with Crippen LogP contribution < -0.4 is 0 Å². The lowest BCUT2D eigenvalue weighted by Gasteiger charge is -2.13. The number of hydrogen-bond acceptors (Lipinski definition) is 5. The number of nitrogens with zero attached hydrogens (tertiary/aromatic N) is 3. The van der Waals surface area contributed by atoms with E-state index in [2.05, 4.69) is 26.1 Å². The number of hydrogen-bond donors (Lipinski definition) is 2. The summed E-state index contributed by atoms with van der Waals surface area (Å²) < 4.78 is 0.712. The van der Waals surface area contributed by atoms with Crippen molar-refractivity contribution >= 4 is 27.5 Å². The van der Waals surface area contributed by atoms with Crippen molar-refractivity contribution in [3.05, 3.63) is 64.4 Å². The molecule has 0 unspecified atom stereocenters. The number of halogens is 1. The first-order valence-electron chi connectivity index (χ1n) is 6.46. The predicted molar refractivity (Wildman–Crippen MR) is 87.0 cm³/mol. The fourth-order valence-electron chi connectivity index (χ4n) is 1.68. The average molecular weight is 363 g/mol. The van der Waals surface area contributed by atoms with Crippen molar-refractivity contribution in [3.8, 4) is 0 Å². The molecule has 7 heteroatoms. The van der Waals surface area contributed by atoms with Crippen molar-refractivity contribution in [3.63, 3.8) is 0 Å². The minimum Gasteiger partial charge on any atom is -0.389 e. The highest BCUT2D eigenvalue weighted by molar-refractivity contribution is 9.10. The number of likely N-dealkylation sites (N-methyl/N-ethyl adjacent to an activating group) is 1. The molecule has 0 spiro atoms. The molecule has 1 heterocycles. The predicted octanol–water partition coefficient (Wildman–Crippen LogP) is 3.06. The zero-order valence-corrected chi connectivity index (χ0v) is 13.5. The summed E-state index contributed by atoms with van der Waals surface area (Å²) in [6.07, 6.45) is 0. The van der Waals surface area contributed by atoms with E-state index in [1.54, 1.807) is 12.1 Å². The summed E-state index contributed by atoms with van der Waals surface area (Å²) in [6.45, 7) is 0.165. The van der Waals surface area contributed by atoms with E-state index in [1.807, 2.05) is 36.4 Å². The number of amidine groups is 1. The van der Waals surface area contributed by atoms with Crippen molar-refractivity contribution in [2.24, 2.45) is 5.16 Å². The number of benzene rings is 1. The van der Waals surface area contributed by atoms with Gasteiger partial charge in [0.15, 0.2) is 18.2 Å². The molecule has 0 atom stereocenters. The molecule has 2 N–H and O–H groups in total. The second-order valence-electron chi connectivity index (χ2n) is 4.40. The molecule has 2 aromatic rings. The van der Waals surface area contributed by atoms with E-state index in [4.69, 9.17) is 10.2 Å². The van der Waals surface area contributed by atoms with Gasteiger partial charge in [0.1, 0.15) is 4.60 Å². The molecule has 0 aliphatic heterocycles. The third kappa shape index (κ3) is 4.37. The van der Waals surface area contributed by atoms with Crippen LogP contribution in [-0.2, 0) is 11.4 Å². The number of oxime groups is 1. The van der Waals surface area contributed by atoms with Gasteiger partial charge in [0, 0.05) is 12.6 Å². The Bertz CT molecular complexity index is 674. The van der Waals surface area contributed by atoms with E-state index < -0.39 is 0 Å². The summed E-state index contributed by atoms with van der Waals surface area (Å²) >= 11 is 3.29. The van der Waals surface area contributed by atoms with Crippen molar-refractivity contribution < 1.29 is 10.0 Å². The Morgan fingerprint density at radius 2 is 2.00 bits per heavy atom. The zero-order valence-electron chi connectivity index (χ0n) is 11.9. The maximum Gasteiger partial charge on any atom is 0.174 e. The number of aromatic nitrogens is 1. The average Bonchev–Trinajstić information content (AvgIpc) is 2.52. The molecule has 2 rings (SSSR count). The van der Waals surface area contributed by atoms with Crippen LogP contribution in [0.25, 0.3) is 0 Å². The van der Waals surface area contributed by atoms with E-state index in [9.17, 15) is 5.21 Å². The van der Waals surface area contributed by atoms with Gasteiger partial charge in [0.25, 0.3) is 0 Å². The first-order chi connectivity index (χ1) is 10.6. The molecule has 1 aromatic heterocycles. The second kappa shape index (κ2) is 7.67. The zero-order chi connectivity index (χ0) is 15.9. The summed E-state index contributed by atoms with van der Waals surface area (Å²) in [5.41, 5.74) is 1.62. The smallest absolute Gasteiger partial charge is 0.174 e. The monoisotopic (exact) mass is 362 g/mol. The highest BCUT2D eigenvalue weighted by atomic mass is 79.9. The molecule has 0 aliphatic rings. The lowest BCUT2D eigenvalue weighted by atomic mass is 10.1. The van der Waals surface area contributed by atoms with E-state index in [0.717, 1.165) is 0 Å². The topological polar surface area (TPSA) is 81.8 Å². The van der Waals surface area contributed by atoms with Crippen LogP contribution in [0.2, 0.25) is 0 Å². The fraction of sp³-hybridized carbons (Fsp3) is 0.133. The van der Waals surface area contributed by atoms with Crippen LogP contribution in [-0.4, -0.2) is 33.8 Å². The van der Waals surface area contributed by atoms with Gasteiger partial charge < -0.3 is 4.84 Å². The number of rotatable bonds is 5. The largest absolute Gasteiger partial charge is 0.389 e. The number of nitrogens with one attached hydrogen (secondary N) is 1. The van der Waals surface area contributed by atoms with Gasteiger partial charge in [-0.25, -0.2) is 10.0 Å². The molecule has 0 bridgehead atoms. The van der Waals surface area contributed by atoms with Gasteiger partial charge in [0.2, 0.25) is 0 Å². The molecule has 0 amide bonds. The number of pyridine rings is 1. The SMILES string of the molecule is CN(O)C(=N)/C(=N/OCc1cccc(Br)n1)c1ccccc1. The molecule has 114 valence electrons. The Kier molecular flexibility index (Phi) is 5.62. The van der Waals surface area contributed by atoms with Gasteiger partial charge in [-0.2, -0.15) is 0 Å². The molecular formula is C15H15BrN4O2. The standard InChI is InChI=1S/C15H15BrN4O2/c1-20(21)15(17)14(11-6-3-2-4-7-11)19-22-10-12-8-5-9-13(16)18-12/h2-9,17,21H,10H2,1H3/b17-15?,19-14+. The molecule has 1 aromatic carbocycles. The Balaban J connectivity index is 2.17. The van der Waals surface area contributed by atoms with Crippen LogP contribution >= 0.6 is 15.9 Å². The molecule has 0 radical (unpaired) electrons. The van der Waals surface area contributed by atoms with Gasteiger partial charge >= 0.3 is 0 Å². The Morgan fingerprint density at radius 1 is 1.27 bits per heavy atom. The van der Waals surface area contributed by atoms with Gasteiger partial charge in [-0.3, -0.25) is 10.6 Å². The normalized spacial score (nSPS) is 11.1. The van der Waals surface area contributed by atoms with Crippen molar-refractivity contribution in [1.29, 1.82) is 5.41 Å². The maximum absolute atomic E-state index is 9.46. The Hall–Kier alpha value is -2.25. The molecule has 6 nitrogen and oxygen atoms in total.